The van der Waals surface area contributed by atoms with Gasteiger partial charge in [-0.1, -0.05) is 13.8 Å². The van der Waals surface area contributed by atoms with Gasteiger partial charge >= 0.3 is 5.97 Å². The molecule has 2 bridgehead atoms. The van der Waals surface area contributed by atoms with Crippen molar-refractivity contribution in [1.29, 1.82) is 0 Å². The minimum absolute atomic E-state index is 0.0356. The van der Waals surface area contributed by atoms with E-state index >= 15 is 0 Å². The molecule has 5 atom stereocenters. The molecule has 0 amide bonds. The molecule has 1 aromatic carbocycles. The van der Waals surface area contributed by atoms with Gasteiger partial charge in [-0.3, -0.25) is 4.79 Å². The standard InChI is InChI=1S/C19H26O2S2/c1-10-11(2)16-5-12(10)6-17(16)18(20)21-19(3,4)13-7-14(22)9-15(23)8-13/h7-12,16-17,22-23H,5-6H2,1-4H3. The van der Waals surface area contributed by atoms with E-state index < -0.39 is 5.60 Å². The molecule has 23 heavy (non-hydrogen) atoms. The fraction of sp³-hybridized carbons (Fsp3) is 0.632. The van der Waals surface area contributed by atoms with E-state index in [0.717, 1.165) is 27.7 Å². The number of carbonyl (C=O) groups is 1. The van der Waals surface area contributed by atoms with Crippen molar-refractivity contribution in [1.82, 2.24) is 0 Å². The smallest absolute Gasteiger partial charge is 0.310 e. The molecule has 2 fully saturated rings. The van der Waals surface area contributed by atoms with Crippen molar-refractivity contribution in [3.63, 3.8) is 0 Å². The summed E-state index contributed by atoms with van der Waals surface area (Å²) in [7, 11) is 0. The zero-order valence-electron chi connectivity index (χ0n) is 14.2. The summed E-state index contributed by atoms with van der Waals surface area (Å²) in [5.74, 6) is 2.59. The molecule has 0 spiro atoms. The van der Waals surface area contributed by atoms with Crippen LogP contribution >= 0.6 is 25.3 Å². The lowest BCUT2D eigenvalue weighted by atomic mass is 9.76. The number of hydrogen-bond donors (Lipinski definition) is 2. The Morgan fingerprint density at radius 2 is 1.70 bits per heavy atom. The average molecular weight is 351 g/mol. The molecule has 3 rings (SSSR count). The van der Waals surface area contributed by atoms with E-state index in [-0.39, 0.29) is 11.9 Å². The minimum atomic E-state index is -0.663. The zero-order valence-corrected chi connectivity index (χ0v) is 16.0. The van der Waals surface area contributed by atoms with Crippen LogP contribution in [0.3, 0.4) is 0 Å². The summed E-state index contributed by atoms with van der Waals surface area (Å²) in [6, 6.07) is 5.77. The molecule has 2 aliphatic rings. The number of carbonyl (C=O) groups excluding carboxylic acids is 1. The molecule has 0 saturated heterocycles. The van der Waals surface area contributed by atoms with Crippen molar-refractivity contribution in [2.75, 3.05) is 0 Å². The third-order valence-electron chi connectivity index (χ3n) is 6.15. The molecule has 0 radical (unpaired) electrons. The highest BCUT2D eigenvalue weighted by atomic mass is 32.1. The average Bonchev–Trinajstić information content (AvgIpc) is 2.98. The summed E-state index contributed by atoms with van der Waals surface area (Å²) in [6.45, 7) is 8.50. The largest absolute Gasteiger partial charge is 0.455 e. The summed E-state index contributed by atoms with van der Waals surface area (Å²) < 4.78 is 5.95. The maximum absolute atomic E-state index is 12.8. The van der Waals surface area contributed by atoms with Gasteiger partial charge in [0.1, 0.15) is 5.60 Å². The van der Waals surface area contributed by atoms with Crippen LogP contribution in [0.1, 0.15) is 46.1 Å². The molecule has 1 aromatic rings. The van der Waals surface area contributed by atoms with Crippen LogP contribution in [0.25, 0.3) is 0 Å². The number of esters is 1. The SMILES string of the molecule is CC1C2CC(C(=O)OC(C)(C)c3cc(S)cc(S)c3)C(C2)C1C. The fourth-order valence-corrected chi connectivity index (χ4v) is 5.20. The second-order valence-corrected chi connectivity index (χ2v) is 8.92. The van der Waals surface area contributed by atoms with E-state index in [1.165, 1.54) is 6.42 Å². The van der Waals surface area contributed by atoms with Gasteiger partial charge in [-0.25, -0.2) is 0 Å². The number of benzene rings is 1. The van der Waals surface area contributed by atoms with Crippen LogP contribution in [0.5, 0.6) is 0 Å². The van der Waals surface area contributed by atoms with Crippen LogP contribution in [0.4, 0.5) is 0 Å². The van der Waals surface area contributed by atoms with Gasteiger partial charge in [0.2, 0.25) is 0 Å². The number of fused-ring (bicyclic) bond motifs is 2. The number of rotatable bonds is 3. The summed E-state index contributed by atoms with van der Waals surface area (Å²) in [5.41, 5.74) is 0.275. The summed E-state index contributed by atoms with van der Waals surface area (Å²) >= 11 is 8.80. The first-order valence-corrected chi connectivity index (χ1v) is 9.35. The Hall–Kier alpha value is -0.610. The van der Waals surface area contributed by atoms with Crippen LogP contribution in [0, 0.1) is 29.6 Å². The van der Waals surface area contributed by atoms with Crippen molar-refractivity contribution >= 4 is 31.2 Å². The fourth-order valence-electron chi connectivity index (χ4n) is 4.54. The van der Waals surface area contributed by atoms with E-state index in [1.54, 1.807) is 0 Å². The minimum Gasteiger partial charge on any atom is -0.455 e. The number of thiol groups is 2. The van der Waals surface area contributed by atoms with Gasteiger partial charge in [0.25, 0.3) is 0 Å². The molecule has 2 aliphatic carbocycles. The molecule has 0 heterocycles. The Morgan fingerprint density at radius 3 is 2.22 bits per heavy atom. The van der Waals surface area contributed by atoms with E-state index in [2.05, 4.69) is 39.1 Å². The number of ether oxygens (including phenoxy) is 1. The highest BCUT2D eigenvalue weighted by Gasteiger charge is 2.52. The maximum Gasteiger partial charge on any atom is 0.310 e. The van der Waals surface area contributed by atoms with Gasteiger partial charge in [0.15, 0.2) is 0 Å². The molecule has 0 aliphatic heterocycles. The van der Waals surface area contributed by atoms with Crippen molar-refractivity contribution in [2.45, 2.75) is 55.9 Å². The molecule has 126 valence electrons. The molecular weight excluding hydrogens is 324 g/mol. The van der Waals surface area contributed by atoms with Gasteiger partial charge in [0, 0.05) is 9.79 Å². The Morgan fingerprint density at radius 1 is 1.09 bits per heavy atom. The Balaban J connectivity index is 1.75. The second-order valence-electron chi connectivity index (χ2n) is 7.89. The van der Waals surface area contributed by atoms with E-state index in [1.807, 2.05) is 32.0 Å². The highest BCUT2D eigenvalue weighted by molar-refractivity contribution is 7.81. The topological polar surface area (TPSA) is 26.3 Å². The third-order valence-corrected chi connectivity index (χ3v) is 6.67. The first kappa shape index (κ1) is 17.2. The van der Waals surface area contributed by atoms with E-state index in [0.29, 0.717) is 17.8 Å². The lowest BCUT2D eigenvalue weighted by Gasteiger charge is -2.33. The highest BCUT2D eigenvalue weighted by Crippen LogP contribution is 2.55. The molecule has 4 heteroatoms. The zero-order chi connectivity index (χ0) is 16.9. The summed E-state index contributed by atoms with van der Waals surface area (Å²) in [4.78, 5) is 14.5. The Labute approximate surface area is 150 Å². The Bertz CT molecular complexity index is 604. The van der Waals surface area contributed by atoms with Gasteiger partial charge in [0.05, 0.1) is 5.92 Å². The first-order valence-electron chi connectivity index (χ1n) is 8.45. The van der Waals surface area contributed by atoms with Crippen LogP contribution < -0.4 is 0 Å². The van der Waals surface area contributed by atoms with Crippen LogP contribution in [0.15, 0.2) is 28.0 Å². The predicted molar refractivity (Wildman–Crippen MR) is 98.1 cm³/mol. The van der Waals surface area contributed by atoms with Gasteiger partial charge in [-0.2, -0.15) is 0 Å². The van der Waals surface area contributed by atoms with Crippen molar-refractivity contribution in [2.24, 2.45) is 29.6 Å². The molecule has 5 unspecified atom stereocenters. The van der Waals surface area contributed by atoms with Crippen LogP contribution in [-0.2, 0) is 15.1 Å². The molecule has 2 nitrogen and oxygen atoms in total. The van der Waals surface area contributed by atoms with Gasteiger partial charge in [-0.15, -0.1) is 25.3 Å². The van der Waals surface area contributed by atoms with Crippen molar-refractivity contribution in [3.8, 4) is 0 Å². The molecule has 2 saturated carbocycles. The van der Waals surface area contributed by atoms with Crippen LogP contribution in [-0.4, -0.2) is 5.97 Å². The van der Waals surface area contributed by atoms with Gasteiger partial charge < -0.3 is 4.74 Å². The van der Waals surface area contributed by atoms with Gasteiger partial charge in [-0.05, 0) is 74.1 Å². The molecule has 0 aromatic heterocycles. The lowest BCUT2D eigenvalue weighted by molar-refractivity contribution is -0.165. The predicted octanol–water partition coefficient (Wildman–Crippen LogP) is 4.97. The Kier molecular flexibility index (Phi) is 4.52. The van der Waals surface area contributed by atoms with Crippen molar-refractivity contribution < 1.29 is 9.53 Å². The lowest BCUT2D eigenvalue weighted by Crippen LogP contribution is -2.35. The third kappa shape index (κ3) is 3.17. The second kappa shape index (κ2) is 6.03. The molecular formula is C19H26O2S2. The first-order chi connectivity index (χ1) is 10.7. The normalized spacial score (nSPS) is 33.0. The molecule has 0 N–H and O–H groups in total. The summed E-state index contributed by atoms with van der Waals surface area (Å²) in [5, 5.41) is 0. The van der Waals surface area contributed by atoms with E-state index in [9.17, 15) is 4.79 Å². The van der Waals surface area contributed by atoms with E-state index in [4.69, 9.17) is 4.74 Å². The summed E-state index contributed by atoms with van der Waals surface area (Å²) in [6.07, 6.45) is 2.19. The van der Waals surface area contributed by atoms with Crippen molar-refractivity contribution in [3.05, 3.63) is 23.8 Å². The quantitative estimate of drug-likeness (QED) is 0.594. The number of hydrogen-bond acceptors (Lipinski definition) is 4. The monoisotopic (exact) mass is 350 g/mol. The van der Waals surface area contributed by atoms with Crippen LogP contribution in [0.2, 0.25) is 0 Å². The maximum atomic E-state index is 12.8.